The van der Waals surface area contributed by atoms with Crippen molar-refractivity contribution in [3.63, 3.8) is 0 Å². The molecule has 1 heterocycles. The topological polar surface area (TPSA) is 64.4 Å². The molecule has 0 saturated carbocycles. The Bertz CT molecular complexity index is 558. The fourth-order valence-electron chi connectivity index (χ4n) is 1.57. The Balaban J connectivity index is 2.03. The van der Waals surface area contributed by atoms with Gasteiger partial charge in [-0.05, 0) is 45.0 Å². The summed E-state index contributed by atoms with van der Waals surface area (Å²) in [5.41, 5.74) is 0.539. The highest BCUT2D eigenvalue weighted by molar-refractivity contribution is 6.03. The first-order valence-electron chi connectivity index (χ1n) is 6.06. The largest absolute Gasteiger partial charge is 0.491 e. The van der Waals surface area contributed by atoms with Crippen LogP contribution in [0.1, 0.15) is 30.0 Å². The van der Waals surface area contributed by atoms with E-state index in [0.29, 0.717) is 17.1 Å². The smallest absolute Gasteiger partial charge is 0.256 e. The number of carbonyl (C=O) groups is 1. The van der Waals surface area contributed by atoms with Gasteiger partial charge in [0.2, 0.25) is 0 Å². The molecule has 0 fully saturated rings. The summed E-state index contributed by atoms with van der Waals surface area (Å²) in [5.74, 6) is 1.56. The second kappa shape index (κ2) is 5.56. The van der Waals surface area contributed by atoms with Gasteiger partial charge >= 0.3 is 0 Å². The van der Waals surface area contributed by atoms with Crippen molar-refractivity contribution in [2.24, 2.45) is 0 Å². The summed E-state index contributed by atoms with van der Waals surface area (Å²) >= 11 is 0. The molecule has 0 aliphatic carbocycles. The van der Waals surface area contributed by atoms with E-state index in [-0.39, 0.29) is 12.0 Å². The molecule has 19 heavy (non-hydrogen) atoms. The number of anilines is 1. The SMILES string of the molecule is Cc1cc(NC(=O)c2ccc(OC(C)C)cc2)no1. The van der Waals surface area contributed by atoms with E-state index in [9.17, 15) is 4.79 Å². The van der Waals surface area contributed by atoms with Crippen molar-refractivity contribution >= 4 is 11.7 Å². The normalized spacial score (nSPS) is 10.5. The molecule has 0 aliphatic heterocycles. The Morgan fingerprint density at radius 1 is 1.32 bits per heavy atom. The van der Waals surface area contributed by atoms with Crippen LogP contribution < -0.4 is 10.1 Å². The van der Waals surface area contributed by atoms with E-state index < -0.39 is 0 Å². The van der Waals surface area contributed by atoms with Gasteiger partial charge in [-0.1, -0.05) is 5.16 Å². The Morgan fingerprint density at radius 2 is 2.00 bits per heavy atom. The zero-order chi connectivity index (χ0) is 13.8. The summed E-state index contributed by atoms with van der Waals surface area (Å²) in [7, 11) is 0. The minimum Gasteiger partial charge on any atom is -0.491 e. The third-order valence-corrected chi connectivity index (χ3v) is 2.36. The zero-order valence-corrected chi connectivity index (χ0v) is 11.1. The van der Waals surface area contributed by atoms with Crippen LogP contribution in [0.5, 0.6) is 5.75 Å². The van der Waals surface area contributed by atoms with Gasteiger partial charge in [0, 0.05) is 11.6 Å². The molecule has 0 bridgehead atoms. The number of rotatable bonds is 4. The Labute approximate surface area is 111 Å². The summed E-state index contributed by atoms with van der Waals surface area (Å²) in [5, 5.41) is 6.36. The van der Waals surface area contributed by atoms with Crippen LogP contribution in [0.2, 0.25) is 0 Å². The van der Waals surface area contributed by atoms with E-state index in [4.69, 9.17) is 9.26 Å². The molecule has 2 aromatic rings. The maximum Gasteiger partial charge on any atom is 0.256 e. The van der Waals surface area contributed by atoms with Crippen molar-refractivity contribution in [2.75, 3.05) is 5.32 Å². The third-order valence-electron chi connectivity index (χ3n) is 2.36. The number of amides is 1. The molecule has 2 rings (SSSR count). The molecule has 5 heteroatoms. The predicted molar refractivity (Wildman–Crippen MR) is 71.4 cm³/mol. The van der Waals surface area contributed by atoms with Crippen molar-refractivity contribution in [3.8, 4) is 5.75 Å². The minimum atomic E-state index is -0.232. The Hall–Kier alpha value is -2.30. The van der Waals surface area contributed by atoms with E-state index in [2.05, 4.69) is 10.5 Å². The number of aryl methyl sites for hydroxylation is 1. The number of ether oxygens (including phenoxy) is 1. The van der Waals surface area contributed by atoms with E-state index in [1.54, 1.807) is 37.3 Å². The van der Waals surface area contributed by atoms with Crippen LogP contribution in [-0.4, -0.2) is 17.2 Å². The zero-order valence-electron chi connectivity index (χ0n) is 11.1. The van der Waals surface area contributed by atoms with Gasteiger partial charge in [-0.15, -0.1) is 0 Å². The number of hydrogen-bond donors (Lipinski definition) is 1. The van der Waals surface area contributed by atoms with Crippen LogP contribution in [0.3, 0.4) is 0 Å². The van der Waals surface area contributed by atoms with Crippen molar-refractivity contribution in [1.82, 2.24) is 5.16 Å². The fourth-order valence-corrected chi connectivity index (χ4v) is 1.57. The van der Waals surface area contributed by atoms with Gasteiger partial charge in [0.15, 0.2) is 5.82 Å². The van der Waals surface area contributed by atoms with Crippen molar-refractivity contribution in [1.29, 1.82) is 0 Å². The molecule has 0 unspecified atom stereocenters. The first-order valence-corrected chi connectivity index (χ1v) is 6.06. The molecule has 1 amide bonds. The van der Waals surface area contributed by atoms with Crippen molar-refractivity contribution < 1.29 is 14.1 Å². The fraction of sp³-hybridized carbons (Fsp3) is 0.286. The van der Waals surface area contributed by atoms with Gasteiger partial charge in [0.25, 0.3) is 5.91 Å². The summed E-state index contributed by atoms with van der Waals surface area (Å²) in [6, 6.07) is 8.61. The molecule has 5 nitrogen and oxygen atoms in total. The molecule has 100 valence electrons. The number of hydrogen-bond acceptors (Lipinski definition) is 4. The molecule has 0 aliphatic rings. The van der Waals surface area contributed by atoms with Crippen LogP contribution in [0, 0.1) is 6.92 Å². The number of nitrogens with zero attached hydrogens (tertiary/aromatic N) is 1. The average molecular weight is 260 g/mol. The van der Waals surface area contributed by atoms with Gasteiger partial charge in [0.05, 0.1) is 6.10 Å². The summed E-state index contributed by atoms with van der Waals surface area (Å²) in [6.45, 7) is 5.67. The standard InChI is InChI=1S/C14H16N2O3/c1-9(2)18-12-6-4-11(5-7-12)14(17)15-13-8-10(3)19-16-13/h4-9H,1-3H3,(H,15,16,17). The average Bonchev–Trinajstić information content (AvgIpc) is 2.75. The van der Waals surface area contributed by atoms with Crippen LogP contribution in [0.25, 0.3) is 0 Å². The van der Waals surface area contributed by atoms with E-state index in [0.717, 1.165) is 5.75 Å². The Kier molecular flexibility index (Phi) is 3.85. The van der Waals surface area contributed by atoms with Gasteiger partial charge in [-0.2, -0.15) is 0 Å². The Morgan fingerprint density at radius 3 is 2.53 bits per heavy atom. The lowest BCUT2D eigenvalue weighted by Gasteiger charge is -2.09. The molecule has 0 atom stereocenters. The predicted octanol–water partition coefficient (Wildman–Crippen LogP) is 3.02. The minimum absolute atomic E-state index is 0.109. The highest BCUT2D eigenvalue weighted by atomic mass is 16.5. The molecule has 0 radical (unpaired) electrons. The van der Waals surface area contributed by atoms with Crippen LogP contribution in [-0.2, 0) is 0 Å². The summed E-state index contributed by atoms with van der Waals surface area (Å²) < 4.78 is 10.4. The second-order valence-corrected chi connectivity index (χ2v) is 4.47. The maximum absolute atomic E-state index is 11.9. The molecule has 0 spiro atoms. The second-order valence-electron chi connectivity index (χ2n) is 4.47. The summed E-state index contributed by atoms with van der Waals surface area (Å²) in [4.78, 5) is 11.9. The lowest BCUT2D eigenvalue weighted by Crippen LogP contribution is -2.12. The molecular formula is C14H16N2O3. The molecule has 1 aromatic carbocycles. The molecule has 0 saturated heterocycles. The highest BCUT2D eigenvalue weighted by Gasteiger charge is 2.09. The number of carbonyl (C=O) groups excluding carboxylic acids is 1. The number of benzene rings is 1. The number of nitrogens with one attached hydrogen (secondary N) is 1. The molecule has 1 aromatic heterocycles. The lowest BCUT2D eigenvalue weighted by atomic mass is 10.2. The van der Waals surface area contributed by atoms with Crippen LogP contribution in [0.15, 0.2) is 34.9 Å². The van der Waals surface area contributed by atoms with Crippen molar-refractivity contribution in [2.45, 2.75) is 26.9 Å². The number of aromatic nitrogens is 1. The first kappa shape index (κ1) is 13.1. The monoisotopic (exact) mass is 260 g/mol. The first-order chi connectivity index (χ1) is 9.04. The van der Waals surface area contributed by atoms with Crippen LogP contribution in [0.4, 0.5) is 5.82 Å². The van der Waals surface area contributed by atoms with E-state index >= 15 is 0 Å². The highest BCUT2D eigenvalue weighted by Crippen LogP contribution is 2.15. The van der Waals surface area contributed by atoms with E-state index in [1.807, 2.05) is 13.8 Å². The van der Waals surface area contributed by atoms with Crippen LogP contribution >= 0.6 is 0 Å². The van der Waals surface area contributed by atoms with Gasteiger partial charge in [0.1, 0.15) is 11.5 Å². The summed E-state index contributed by atoms with van der Waals surface area (Å²) in [6.07, 6.45) is 0.109. The quantitative estimate of drug-likeness (QED) is 0.917. The third kappa shape index (κ3) is 3.58. The maximum atomic E-state index is 11.9. The van der Waals surface area contributed by atoms with Crippen molar-refractivity contribution in [3.05, 3.63) is 41.7 Å². The van der Waals surface area contributed by atoms with E-state index in [1.165, 1.54) is 0 Å². The molecular weight excluding hydrogens is 244 g/mol. The molecule has 1 N–H and O–H groups in total. The van der Waals surface area contributed by atoms with Gasteiger partial charge < -0.3 is 14.6 Å². The van der Waals surface area contributed by atoms with Gasteiger partial charge in [-0.25, -0.2) is 0 Å². The van der Waals surface area contributed by atoms with Gasteiger partial charge in [-0.3, -0.25) is 4.79 Å². The lowest BCUT2D eigenvalue weighted by molar-refractivity contribution is 0.102.